The highest BCUT2D eigenvalue weighted by atomic mass is 16.5. The molecule has 1 amide bonds. The van der Waals surface area contributed by atoms with Gasteiger partial charge in [0, 0.05) is 11.8 Å². The molecule has 2 aromatic rings. The number of carbonyl (C=O) groups excluding carboxylic acids is 1. The normalized spacial score (nSPS) is 10.5. The molecule has 0 spiro atoms. The van der Waals surface area contributed by atoms with Crippen LogP contribution >= 0.6 is 0 Å². The molecule has 0 aromatic heterocycles. The van der Waals surface area contributed by atoms with Gasteiger partial charge in [-0.3, -0.25) is 4.79 Å². The Hall–Kier alpha value is -2.69. The first-order valence-corrected chi connectivity index (χ1v) is 9.57. The van der Waals surface area contributed by atoms with E-state index in [0.29, 0.717) is 19.1 Å². The molecule has 2 aromatic carbocycles. The van der Waals surface area contributed by atoms with Crippen molar-refractivity contribution in [2.24, 2.45) is 5.92 Å². The van der Waals surface area contributed by atoms with Gasteiger partial charge in [-0.15, -0.1) is 0 Å². The number of anilines is 2. The zero-order chi connectivity index (χ0) is 19.5. The summed E-state index contributed by atoms with van der Waals surface area (Å²) in [6, 6.07) is 15.1. The topological polar surface area (TPSA) is 59.6 Å². The van der Waals surface area contributed by atoms with Crippen molar-refractivity contribution in [2.75, 3.05) is 30.4 Å². The van der Waals surface area contributed by atoms with Crippen molar-refractivity contribution in [1.82, 2.24) is 0 Å². The van der Waals surface area contributed by atoms with Crippen LogP contribution < -0.4 is 20.1 Å². The van der Waals surface area contributed by atoms with E-state index in [0.717, 1.165) is 35.7 Å². The number of amides is 1. The van der Waals surface area contributed by atoms with Crippen molar-refractivity contribution < 1.29 is 14.3 Å². The number of unbranched alkanes of at least 4 members (excludes halogenated alkanes) is 1. The highest BCUT2D eigenvalue weighted by molar-refractivity contribution is 5.94. The van der Waals surface area contributed by atoms with Gasteiger partial charge < -0.3 is 20.1 Å². The molecule has 146 valence electrons. The Morgan fingerprint density at radius 1 is 1.07 bits per heavy atom. The average Bonchev–Trinajstić information content (AvgIpc) is 2.66. The minimum Gasteiger partial charge on any atom is -0.494 e. The molecule has 0 fully saturated rings. The maximum absolute atomic E-state index is 12.3. The second kappa shape index (κ2) is 11.1. The monoisotopic (exact) mass is 370 g/mol. The highest BCUT2D eigenvalue weighted by Gasteiger charge is 2.07. The molecule has 0 radical (unpaired) electrons. The van der Waals surface area contributed by atoms with Crippen LogP contribution in [-0.2, 0) is 4.79 Å². The van der Waals surface area contributed by atoms with Gasteiger partial charge in [0.05, 0.1) is 25.4 Å². The van der Waals surface area contributed by atoms with Gasteiger partial charge in [0.15, 0.2) is 0 Å². The maximum Gasteiger partial charge on any atom is 0.243 e. The van der Waals surface area contributed by atoms with Gasteiger partial charge in [-0.1, -0.05) is 45.4 Å². The lowest BCUT2D eigenvalue weighted by atomic mass is 10.2. The van der Waals surface area contributed by atoms with Crippen LogP contribution in [0.4, 0.5) is 11.4 Å². The minimum atomic E-state index is -0.126. The molecule has 0 aliphatic heterocycles. The number of hydrogen-bond acceptors (Lipinski definition) is 4. The van der Waals surface area contributed by atoms with E-state index in [1.54, 1.807) is 0 Å². The number of ether oxygens (including phenoxy) is 2. The SMILES string of the molecule is CCCCOc1cccc(NC(=O)CNc2ccccc2OCC(C)C)c1. The largest absolute Gasteiger partial charge is 0.494 e. The van der Waals surface area contributed by atoms with Crippen molar-refractivity contribution in [2.45, 2.75) is 33.6 Å². The molecule has 0 bridgehead atoms. The average molecular weight is 370 g/mol. The van der Waals surface area contributed by atoms with Gasteiger partial charge in [0.1, 0.15) is 11.5 Å². The van der Waals surface area contributed by atoms with Crippen LogP contribution in [0.1, 0.15) is 33.6 Å². The Bertz CT molecular complexity index is 716. The molecule has 0 atom stereocenters. The zero-order valence-electron chi connectivity index (χ0n) is 16.5. The predicted molar refractivity (Wildman–Crippen MR) is 111 cm³/mol. The molecule has 0 saturated carbocycles. The quantitative estimate of drug-likeness (QED) is 0.549. The lowest BCUT2D eigenvalue weighted by Crippen LogP contribution is -2.22. The molecule has 0 aliphatic rings. The third-order valence-electron chi connectivity index (χ3n) is 3.78. The van der Waals surface area contributed by atoms with Gasteiger partial charge in [0.25, 0.3) is 0 Å². The van der Waals surface area contributed by atoms with E-state index >= 15 is 0 Å². The van der Waals surface area contributed by atoms with E-state index in [1.165, 1.54) is 0 Å². The fourth-order valence-corrected chi connectivity index (χ4v) is 2.37. The number of rotatable bonds is 11. The fourth-order valence-electron chi connectivity index (χ4n) is 2.37. The van der Waals surface area contributed by atoms with Crippen LogP contribution in [0.5, 0.6) is 11.5 Å². The summed E-state index contributed by atoms with van der Waals surface area (Å²) >= 11 is 0. The maximum atomic E-state index is 12.3. The number of hydrogen-bond donors (Lipinski definition) is 2. The second-order valence-corrected chi connectivity index (χ2v) is 6.83. The van der Waals surface area contributed by atoms with Crippen molar-refractivity contribution in [3.05, 3.63) is 48.5 Å². The Balaban J connectivity index is 1.87. The van der Waals surface area contributed by atoms with E-state index < -0.39 is 0 Å². The summed E-state index contributed by atoms with van der Waals surface area (Å²) in [6.45, 7) is 7.80. The molecule has 5 heteroatoms. The third kappa shape index (κ3) is 7.60. The van der Waals surface area contributed by atoms with E-state index in [9.17, 15) is 4.79 Å². The van der Waals surface area contributed by atoms with Crippen LogP contribution in [0.25, 0.3) is 0 Å². The highest BCUT2D eigenvalue weighted by Crippen LogP contribution is 2.24. The van der Waals surface area contributed by atoms with Crippen molar-refractivity contribution >= 4 is 17.3 Å². The number of carbonyl (C=O) groups is 1. The standard InChI is InChI=1S/C22H30N2O3/c1-4-5-13-26-19-10-8-9-18(14-19)24-22(25)15-23-20-11-6-7-12-21(20)27-16-17(2)3/h6-12,14,17,23H,4-5,13,15-16H2,1-3H3,(H,24,25). The van der Waals surface area contributed by atoms with Gasteiger partial charge in [0.2, 0.25) is 5.91 Å². The molecule has 27 heavy (non-hydrogen) atoms. The van der Waals surface area contributed by atoms with Crippen LogP contribution in [-0.4, -0.2) is 25.7 Å². The minimum absolute atomic E-state index is 0.126. The lowest BCUT2D eigenvalue weighted by Gasteiger charge is -2.14. The summed E-state index contributed by atoms with van der Waals surface area (Å²) < 4.78 is 11.5. The molecular formula is C22H30N2O3. The fraction of sp³-hybridized carbons (Fsp3) is 0.409. The van der Waals surface area contributed by atoms with Crippen LogP contribution in [0.2, 0.25) is 0 Å². The van der Waals surface area contributed by atoms with Crippen molar-refractivity contribution in [3.8, 4) is 11.5 Å². The van der Waals surface area contributed by atoms with Crippen molar-refractivity contribution in [3.63, 3.8) is 0 Å². The first-order valence-electron chi connectivity index (χ1n) is 9.57. The van der Waals surface area contributed by atoms with E-state index in [4.69, 9.17) is 9.47 Å². The molecular weight excluding hydrogens is 340 g/mol. The molecule has 2 N–H and O–H groups in total. The zero-order valence-corrected chi connectivity index (χ0v) is 16.5. The van der Waals surface area contributed by atoms with E-state index in [2.05, 4.69) is 31.4 Å². The van der Waals surface area contributed by atoms with Gasteiger partial charge in [-0.05, 0) is 36.6 Å². The van der Waals surface area contributed by atoms with E-state index in [1.807, 2.05) is 48.5 Å². The van der Waals surface area contributed by atoms with Crippen LogP contribution in [0, 0.1) is 5.92 Å². The van der Waals surface area contributed by atoms with Gasteiger partial charge in [-0.2, -0.15) is 0 Å². The van der Waals surface area contributed by atoms with Crippen LogP contribution in [0.3, 0.4) is 0 Å². The Morgan fingerprint density at radius 2 is 1.89 bits per heavy atom. The third-order valence-corrected chi connectivity index (χ3v) is 3.78. The Labute approximate surface area is 162 Å². The predicted octanol–water partition coefficient (Wildman–Crippen LogP) is 4.95. The second-order valence-electron chi connectivity index (χ2n) is 6.83. The molecule has 0 saturated heterocycles. The summed E-state index contributed by atoms with van der Waals surface area (Å²) in [5, 5.41) is 6.04. The molecule has 0 aliphatic carbocycles. The lowest BCUT2D eigenvalue weighted by molar-refractivity contribution is -0.114. The number of benzene rings is 2. The molecule has 0 unspecified atom stereocenters. The summed E-state index contributed by atoms with van der Waals surface area (Å²) in [5.74, 6) is 1.83. The smallest absolute Gasteiger partial charge is 0.243 e. The number of nitrogens with one attached hydrogen (secondary N) is 2. The summed E-state index contributed by atoms with van der Waals surface area (Å²) in [7, 11) is 0. The molecule has 5 nitrogen and oxygen atoms in total. The van der Waals surface area contributed by atoms with Crippen molar-refractivity contribution in [1.29, 1.82) is 0 Å². The van der Waals surface area contributed by atoms with Gasteiger partial charge in [-0.25, -0.2) is 0 Å². The van der Waals surface area contributed by atoms with Gasteiger partial charge >= 0.3 is 0 Å². The molecule has 2 rings (SSSR count). The van der Waals surface area contributed by atoms with Crippen LogP contribution in [0.15, 0.2) is 48.5 Å². The summed E-state index contributed by atoms with van der Waals surface area (Å²) in [5.41, 5.74) is 1.53. The Morgan fingerprint density at radius 3 is 2.67 bits per heavy atom. The number of para-hydroxylation sites is 2. The summed E-state index contributed by atoms with van der Waals surface area (Å²) in [4.78, 5) is 12.3. The van der Waals surface area contributed by atoms with E-state index in [-0.39, 0.29) is 12.5 Å². The summed E-state index contributed by atoms with van der Waals surface area (Å²) in [6.07, 6.45) is 2.10. The first-order chi connectivity index (χ1) is 13.1. The molecule has 0 heterocycles. The Kier molecular flexibility index (Phi) is 8.49. The first kappa shape index (κ1) is 20.6.